The van der Waals surface area contributed by atoms with E-state index in [1.54, 1.807) is 6.92 Å². The van der Waals surface area contributed by atoms with Crippen LogP contribution in [-0.2, 0) is 14.3 Å². The Morgan fingerprint density at radius 2 is 1.22 bits per heavy atom. The molecule has 1 saturated heterocycles. The van der Waals surface area contributed by atoms with E-state index in [0.29, 0.717) is 30.6 Å². The van der Waals surface area contributed by atoms with Gasteiger partial charge < -0.3 is 14.6 Å². The minimum absolute atomic E-state index is 0.0974. The first-order valence-corrected chi connectivity index (χ1v) is 17.3. The summed E-state index contributed by atoms with van der Waals surface area (Å²) in [7, 11) is 0. The van der Waals surface area contributed by atoms with Gasteiger partial charge in [-0.25, -0.2) is 4.79 Å². The summed E-state index contributed by atoms with van der Waals surface area (Å²) in [6.07, 6.45) is 24.3. The number of ether oxygens (including phenoxy) is 2. The van der Waals surface area contributed by atoms with Gasteiger partial charge in [0.2, 0.25) is 0 Å². The van der Waals surface area contributed by atoms with E-state index in [1.165, 1.54) is 89.9 Å². The zero-order chi connectivity index (χ0) is 28.2. The Bertz CT molecular complexity index is 893. The predicted molar refractivity (Wildman–Crippen MR) is 159 cm³/mol. The van der Waals surface area contributed by atoms with E-state index in [0.717, 1.165) is 36.5 Å². The van der Waals surface area contributed by atoms with Crippen LogP contribution in [0.5, 0.6) is 0 Å². The van der Waals surface area contributed by atoms with Gasteiger partial charge in [0, 0.05) is 12.8 Å². The Labute approximate surface area is 248 Å². The van der Waals surface area contributed by atoms with E-state index in [-0.39, 0.29) is 24.8 Å². The molecule has 11 unspecified atom stereocenters. The van der Waals surface area contributed by atoms with Gasteiger partial charge in [0.25, 0.3) is 0 Å². The molecule has 230 valence electrons. The molecule has 1 aliphatic heterocycles. The highest BCUT2D eigenvalue weighted by Gasteiger charge is 2.45. The molecular weight excluding hydrogens is 514 g/mol. The van der Waals surface area contributed by atoms with Crippen LogP contribution >= 0.6 is 0 Å². The van der Waals surface area contributed by atoms with Crippen LogP contribution < -0.4 is 16.0 Å². The summed E-state index contributed by atoms with van der Waals surface area (Å²) in [6, 6.07) is 0. The standard InChI is InChI=1S/C34H55N3O4/c1-2-17-40-31(39)21-41-28-15-16-29(30(38)20-28)34-36-32(26-13-11-22-7-3-5-9-24(22)18-26)35-33(37-34)27-14-12-23-8-4-6-10-25(23)19-27/h22-30,32-38H,3-16,18-21H2,1H3. The van der Waals surface area contributed by atoms with Crippen LogP contribution in [0.3, 0.4) is 0 Å². The Morgan fingerprint density at radius 3 is 1.78 bits per heavy atom. The Balaban J connectivity index is 1.11. The average molecular weight is 570 g/mol. The number of hydrogen-bond donors (Lipinski definition) is 4. The van der Waals surface area contributed by atoms with Gasteiger partial charge >= 0.3 is 5.97 Å². The monoisotopic (exact) mass is 569 g/mol. The third kappa shape index (κ3) is 7.32. The highest BCUT2D eigenvalue weighted by Crippen LogP contribution is 2.46. The first kappa shape index (κ1) is 29.9. The first-order valence-electron chi connectivity index (χ1n) is 17.3. The van der Waals surface area contributed by atoms with Crippen molar-refractivity contribution in [3.8, 4) is 12.0 Å². The molecule has 5 aliphatic carbocycles. The van der Waals surface area contributed by atoms with E-state index >= 15 is 0 Å². The van der Waals surface area contributed by atoms with Gasteiger partial charge in [0.05, 0.1) is 30.7 Å². The zero-order valence-corrected chi connectivity index (χ0v) is 25.3. The lowest BCUT2D eigenvalue weighted by atomic mass is 9.66. The minimum Gasteiger partial charge on any atom is -0.393 e. The summed E-state index contributed by atoms with van der Waals surface area (Å²) in [4.78, 5) is 11.8. The van der Waals surface area contributed by atoms with E-state index in [1.807, 2.05) is 0 Å². The molecule has 0 aromatic carbocycles. The summed E-state index contributed by atoms with van der Waals surface area (Å²) in [5, 5.41) is 23.6. The molecule has 7 nitrogen and oxygen atoms in total. The van der Waals surface area contributed by atoms with Crippen LogP contribution in [0.15, 0.2) is 0 Å². The van der Waals surface area contributed by atoms with Crippen molar-refractivity contribution in [3.63, 3.8) is 0 Å². The minimum atomic E-state index is -0.469. The lowest BCUT2D eigenvalue weighted by Crippen LogP contribution is -2.73. The fourth-order valence-electron chi connectivity index (χ4n) is 9.94. The van der Waals surface area contributed by atoms with Crippen LogP contribution in [0.4, 0.5) is 0 Å². The van der Waals surface area contributed by atoms with Crippen molar-refractivity contribution < 1.29 is 19.4 Å². The van der Waals surface area contributed by atoms with Gasteiger partial charge in [0.15, 0.2) is 0 Å². The molecule has 0 radical (unpaired) electrons. The van der Waals surface area contributed by atoms with Crippen LogP contribution in [0.25, 0.3) is 0 Å². The summed E-state index contributed by atoms with van der Waals surface area (Å²) >= 11 is 0. The molecule has 0 spiro atoms. The summed E-state index contributed by atoms with van der Waals surface area (Å²) in [6.45, 7) is 1.52. The number of hydrogen-bond acceptors (Lipinski definition) is 7. The molecule has 6 aliphatic rings. The molecule has 6 fully saturated rings. The van der Waals surface area contributed by atoms with Crippen molar-refractivity contribution in [2.45, 2.75) is 147 Å². The van der Waals surface area contributed by atoms with Crippen molar-refractivity contribution in [1.29, 1.82) is 0 Å². The van der Waals surface area contributed by atoms with Crippen molar-refractivity contribution >= 4 is 5.97 Å². The normalized spacial score (nSPS) is 44.9. The van der Waals surface area contributed by atoms with Crippen LogP contribution in [0.2, 0.25) is 0 Å². The molecule has 5 saturated carbocycles. The van der Waals surface area contributed by atoms with E-state index in [9.17, 15) is 9.90 Å². The third-order valence-corrected chi connectivity index (χ3v) is 12.1. The van der Waals surface area contributed by atoms with Gasteiger partial charge in [-0.1, -0.05) is 57.3 Å². The fraction of sp³-hybridized carbons (Fsp3) is 0.912. The molecule has 0 bridgehead atoms. The van der Waals surface area contributed by atoms with Crippen LogP contribution in [0.1, 0.15) is 116 Å². The molecule has 7 heteroatoms. The Kier molecular flexibility index (Phi) is 10.3. The van der Waals surface area contributed by atoms with Crippen LogP contribution in [0, 0.1) is 53.5 Å². The van der Waals surface area contributed by atoms with Gasteiger partial charge in [-0.05, 0) is 93.3 Å². The predicted octanol–water partition coefficient (Wildman–Crippen LogP) is 5.03. The molecular formula is C34H55N3O4. The maximum absolute atomic E-state index is 11.8. The zero-order valence-electron chi connectivity index (χ0n) is 25.3. The van der Waals surface area contributed by atoms with Gasteiger partial charge in [0.1, 0.15) is 12.7 Å². The Morgan fingerprint density at radius 1 is 0.683 bits per heavy atom. The second-order valence-electron chi connectivity index (χ2n) is 14.5. The van der Waals surface area contributed by atoms with E-state index in [4.69, 9.17) is 9.47 Å². The largest absolute Gasteiger partial charge is 0.393 e. The van der Waals surface area contributed by atoms with Gasteiger partial charge in [-0.15, -0.1) is 0 Å². The smallest absolute Gasteiger partial charge is 0.346 e. The third-order valence-electron chi connectivity index (χ3n) is 12.1. The number of nitrogens with one attached hydrogen (secondary N) is 3. The quantitative estimate of drug-likeness (QED) is 0.263. The Hall–Kier alpha value is -1.17. The first-order chi connectivity index (χ1) is 20.1. The maximum atomic E-state index is 11.8. The molecule has 6 rings (SSSR count). The van der Waals surface area contributed by atoms with Gasteiger partial charge in [-0.3, -0.25) is 16.0 Å². The fourth-order valence-corrected chi connectivity index (χ4v) is 9.94. The number of carbonyl (C=O) groups excluding carboxylic acids is 1. The van der Waals surface area contributed by atoms with Crippen molar-refractivity contribution in [1.82, 2.24) is 16.0 Å². The molecule has 11 atom stereocenters. The number of rotatable bonds is 6. The van der Waals surface area contributed by atoms with Crippen LogP contribution in [-0.4, -0.2) is 48.4 Å². The molecule has 1 heterocycles. The molecule has 0 aromatic rings. The molecule has 4 N–H and O–H groups in total. The highest BCUT2D eigenvalue weighted by atomic mass is 16.6. The lowest BCUT2D eigenvalue weighted by Gasteiger charge is -2.52. The number of carbonyl (C=O) groups is 1. The second kappa shape index (κ2) is 14.1. The highest BCUT2D eigenvalue weighted by molar-refractivity contribution is 5.71. The second-order valence-corrected chi connectivity index (χ2v) is 14.5. The summed E-state index contributed by atoms with van der Waals surface area (Å²) < 4.78 is 10.6. The average Bonchev–Trinajstić information content (AvgIpc) is 3.02. The summed E-state index contributed by atoms with van der Waals surface area (Å²) in [5.74, 6) is 7.29. The number of fused-ring (bicyclic) bond motifs is 2. The number of esters is 1. The lowest BCUT2D eigenvalue weighted by molar-refractivity contribution is -0.146. The number of aliphatic hydroxyl groups is 1. The summed E-state index contributed by atoms with van der Waals surface area (Å²) in [5.41, 5.74) is 0. The molecule has 0 aromatic heterocycles. The van der Waals surface area contributed by atoms with Crippen molar-refractivity contribution in [2.75, 3.05) is 6.61 Å². The van der Waals surface area contributed by atoms with Crippen molar-refractivity contribution in [3.05, 3.63) is 0 Å². The molecule has 0 amide bonds. The SMILES string of the molecule is CC#COC(=O)COC1CCC(C2NC(C3CCC4CCCCC4C3)NC(C3CCC4CCCCC4C3)N2)C(O)C1. The van der Waals surface area contributed by atoms with E-state index in [2.05, 4.69) is 28.0 Å². The van der Waals surface area contributed by atoms with Crippen molar-refractivity contribution in [2.24, 2.45) is 41.4 Å². The van der Waals surface area contributed by atoms with E-state index < -0.39 is 12.1 Å². The number of aliphatic hydroxyl groups excluding tert-OH is 1. The molecule has 41 heavy (non-hydrogen) atoms. The van der Waals surface area contributed by atoms with Gasteiger partial charge in [-0.2, -0.15) is 0 Å². The topological polar surface area (TPSA) is 91.9 Å². The maximum Gasteiger partial charge on any atom is 0.346 e.